The van der Waals surface area contributed by atoms with Crippen LogP contribution in [0.4, 0.5) is 0 Å². The van der Waals surface area contributed by atoms with Gasteiger partial charge in [0.15, 0.2) is 0 Å². The second-order valence-corrected chi connectivity index (χ2v) is 8.09. The Kier molecular flexibility index (Phi) is 4.12. The number of piperidine rings is 1. The van der Waals surface area contributed by atoms with Crippen LogP contribution in [0.2, 0.25) is 0 Å². The van der Waals surface area contributed by atoms with E-state index in [-0.39, 0.29) is 35.3 Å². The summed E-state index contributed by atoms with van der Waals surface area (Å²) in [7, 11) is 1.61. The van der Waals surface area contributed by atoms with Crippen LogP contribution in [0.25, 0.3) is 10.8 Å². The van der Waals surface area contributed by atoms with Gasteiger partial charge in [-0.2, -0.15) is 5.10 Å². The first-order valence-electron chi connectivity index (χ1n) is 9.93. The van der Waals surface area contributed by atoms with E-state index in [1.54, 1.807) is 25.2 Å². The van der Waals surface area contributed by atoms with Crippen LogP contribution in [0.15, 0.2) is 52.1 Å². The van der Waals surface area contributed by atoms with Crippen LogP contribution in [0.3, 0.4) is 0 Å². The van der Waals surface area contributed by atoms with Crippen molar-refractivity contribution in [2.75, 3.05) is 13.1 Å². The fraction of sp³-hybridized carbons (Fsp3) is 0.364. The maximum absolute atomic E-state index is 13.1. The number of fused-ring (bicyclic) bond motifs is 5. The molecule has 5 rings (SSSR count). The molecule has 2 bridgehead atoms. The third-order valence-electron chi connectivity index (χ3n) is 6.18. The topological polar surface area (TPSA) is 77.2 Å². The van der Waals surface area contributed by atoms with Gasteiger partial charge in [-0.1, -0.05) is 24.3 Å². The summed E-state index contributed by atoms with van der Waals surface area (Å²) < 4.78 is 3.17. The Bertz CT molecular complexity index is 1240. The summed E-state index contributed by atoms with van der Waals surface area (Å²) in [6.07, 6.45) is 1.17. The molecule has 148 valence electrons. The smallest absolute Gasteiger partial charge is 0.274 e. The summed E-state index contributed by atoms with van der Waals surface area (Å²) in [4.78, 5) is 39.6. The second-order valence-electron chi connectivity index (χ2n) is 8.09. The van der Waals surface area contributed by atoms with Crippen molar-refractivity contribution < 1.29 is 4.79 Å². The number of carbonyl (C=O) groups excluding carboxylic acids is 1. The van der Waals surface area contributed by atoms with Gasteiger partial charge in [0.2, 0.25) is 5.91 Å². The van der Waals surface area contributed by atoms with Gasteiger partial charge in [-0.05, 0) is 24.5 Å². The largest absolute Gasteiger partial charge is 0.341 e. The summed E-state index contributed by atoms with van der Waals surface area (Å²) in [5.41, 5.74) is 1.53. The van der Waals surface area contributed by atoms with E-state index in [0.29, 0.717) is 30.7 Å². The van der Waals surface area contributed by atoms with Gasteiger partial charge in [0, 0.05) is 49.7 Å². The van der Waals surface area contributed by atoms with Crippen molar-refractivity contribution in [3.63, 3.8) is 0 Å². The molecular weight excluding hydrogens is 368 g/mol. The Labute approximate surface area is 167 Å². The van der Waals surface area contributed by atoms with Crippen molar-refractivity contribution >= 4 is 16.7 Å². The van der Waals surface area contributed by atoms with Crippen molar-refractivity contribution in [3.05, 3.63) is 74.6 Å². The number of hydrogen-bond donors (Lipinski definition) is 0. The molecule has 0 aliphatic carbocycles. The van der Waals surface area contributed by atoms with E-state index < -0.39 is 0 Å². The van der Waals surface area contributed by atoms with Crippen LogP contribution >= 0.6 is 0 Å². The molecule has 0 spiro atoms. The van der Waals surface area contributed by atoms with Gasteiger partial charge < -0.3 is 9.47 Å². The fourth-order valence-electron chi connectivity index (χ4n) is 4.86. The van der Waals surface area contributed by atoms with Gasteiger partial charge in [0.25, 0.3) is 11.1 Å². The number of aryl methyl sites for hydroxylation is 1. The zero-order valence-electron chi connectivity index (χ0n) is 16.2. The van der Waals surface area contributed by atoms with Gasteiger partial charge in [-0.15, -0.1) is 0 Å². The molecule has 7 heteroatoms. The molecule has 1 amide bonds. The van der Waals surface area contributed by atoms with Crippen LogP contribution in [0, 0.1) is 5.92 Å². The molecule has 7 nitrogen and oxygen atoms in total. The third kappa shape index (κ3) is 2.97. The first kappa shape index (κ1) is 17.8. The monoisotopic (exact) mass is 390 g/mol. The summed E-state index contributed by atoms with van der Waals surface area (Å²) in [6.45, 7) is 1.93. The van der Waals surface area contributed by atoms with Gasteiger partial charge in [0.1, 0.15) is 0 Å². The van der Waals surface area contributed by atoms with Crippen molar-refractivity contribution in [2.24, 2.45) is 13.0 Å². The Balaban J connectivity index is 1.44. The number of aromatic nitrogens is 3. The molecule has 0 unspecified atom stereocenters. The highest BCUT2D eigenvalue weighted by Crippen LogP contribution is 2.35. The van der Waals surface area contributed by atoms with E-state index in [4.69, 9.17) is 0 Å². The Morgan fingerprint density at radius 3 is 2.66 bits per heavy atom. The van der Waals surface area contributed by atoms with Gasteiger partial charge >= 0.3 is 0 Å². The number of benzene rings is 1. The number of nitrogens with zero attached hydrogens (tertiary/aromatic N) is 4. The SMILES string of the molecule is Cn1nc(CC(=O)N2C[C@H]3C[C@H](C2)c2cccc(=O)n2C3)c2ccccc2c1=O. The standard InChI is InChI=1S/C22H22N4O3/c1-24-22(29)17-6-3-2-5-16(17)18(23-24)10-21(28)25-11-14-9-15(13-25)19-7-4-8-20(27)26(19)12-14/h2-8,14-15H,9-13H2,1H3/t14-,15-/m1/s1. The lowest BCUT2D eigenvalue weighted by Gasteiger charge is -2.42. The highest BCUT2D eigenvalue weighted by Gasteiger charge is 2.36. The molecule has 2 atom stereocenters. The predicted octanol–water partition coefficient (Wildman–Crippen LogP) is 1.28. The predicted molar refractivity (Wildman–Crippen MR) is 109 cm³/mol. The van der Waals surface area contributed by atoms with Gasteiger partial charge in [-0.25, -0.2) is 4.68 Å². The Hall–Kier alpha value is -3.22. The molecule has 1 fully saturated rings. The Morgan fingerprint density at radius 2 is 1.83 bits per heavy atom. The van der Waals surface area contributed by atoms with Crippen LogP contribution in [-0.4, -0.2) is 38.2 Å². The zero-order valence-corrected chi connectivity index (χ0v) is 16.2. The molecule has 2 aliphatic rings. The fourth-order valence-corrected chi connectivity index (χ4v) is 4.86. The Morgan fingerprint density at radius 1 is 1.03 bits per heavy atom. The number of amides is 1. The quantitative estimate of drug-likeness (QED) is 0.661. The molecule has 0 saturated carbocycles. The molecule has 2 aromatic heterocycles. The average Bonchev–Trinajstić information content (AvgIpc) is 2.72. The van der Waals surface area contributed by atoms with Crippen molar-refractivity contribution in [3.8, 4) is 0 Å². The number of hydrogen-bond acceptors (Lipinski definition) is 4. The summed E-state index contributed by atoms with van der Waals surface area (Å²) in [5, 5.41) is 5.68. The molecule has 4 heterocycles. The normalized spacial score (nSPS) is 20.5. The molecule has 0 N–H and O–H groups in total. The molecule has 2 aliphatic heterocycles. The van der Waals surface area contributed by atoms with Gasteiger partial charge in [-0.3, -0.25) is 14.4 Å². The maximum atomic E-state index is 13.1. The van der Waals surface area contributed by atoms with E-state index in [2.05, 4.69) is 5.10 Å². The highest BCUT2D eigenvalue weighted by atomic mass is 16.2. The summed E-state index contributed by atoms with van der Waals surface area (Å²) in [6, 6.07) is 12.7. The number of likely N-dealkylation sites (tertiary alicyclic amines) is 1. The molecule has 1 aromatic carbocycles. The average molecular weight is 390 g/mol. The van der Waals surface area contributed by atoms with E-state index in [9.17, 15) is 14.4 Å². The van der Waals surface area contributed by atoms with Crippen molar-refractivity contribution in [2.45, 2.75) is 25.3 Å². The maximum Gasteiger partial charge on any atom is 0.274 e. The number of carbonyl (C=O) groups is 1. The van der Waals surface area contributed by atoms with E-state index in [0.717, 1.165) is 17.5 Å². The van der Waals surface area contributed by atoms with Crippen LogP contribution in [0.1, 0.15) is 23.7 Å². The van der Waals surface area contributed by atoms with Gasteiger partial charge in [0.05, 0.1) is 17.5 Å². The van der Waals surface area contributed by atoms with E-state index in [1.807, 2.05) is 33.7 Å². The van der Waals surface area contributed by atoms with E-state index >= 15 is 0 Å². The van der Waals surface area contributed by atoms with Crippen LogP contribution in [0.5, 0.6) is 0 Å². The zero-order chi connectivity index (χ0) is 20.1. The summed E-state index contributed by atoms with van der Waals surface area (Å²) >= 11 is 0. The minimum atomic E-state index is -0.161. The highest BCUT2D eigenvalue weighted by molar-refractivity contribution is 5.88. The lowest BCUT2D eigenvalue weighted by atomic mass is 9.83. The number of pyridine rings is 1. The minimum absolute atomic E-state index is 0.0164. The second kappa shape index (κ2) is 6.69. The lowest BCUT2D eigenvalue weighted by Crippen LogP contribution is -2.49. The van der Waals surface area contributed by atoms with Crippen LogP contribution in [-0.2, 0) is 24.8 Å². The third-order valence-corrected chi connectivity index (χ3v) is 6.18. The molecule has 1 saturated heterocycles. The summed E-state index contributed by atoms with van der Waals surface area (Å²) in [5.74, 6) is 0.489. The van der Waals surface area contributed by atoms with Crippen molar-refractivity contribution in [1.82, 2.24) is 19.2 Å². The molecular formula is C22H22N4O3. The van der Waals surface area contributed by atoms with Crippen molar-refractivity contribution in [1.29, 1.82) is 0 Å². The van der Waals surface area contributed by atoms with E-state index in [1.165, 1.54) is 4.68 Å². The molecule has 0 radical (unpaired) electrons. The first-order chi connectivity index (χ1) is 14.0. The van der Waals surface area contributed by atoms with Crippen LogP contribution < -0.4 is 11.1 Å². The molecule has 29 heavy (non-hydrogen) atoms. The first-order valence-corrected chi connectivity index (χ1v) is 9.93. The number of rotatable bonds is 2. The molecule has 3 aromatic rings. The minimum Gasteiger partial charge on any atom is -0.341 e. The lowest BCUT2D eigenvalue weighted by molar-refractivity contribution is -0.133.